The average Bonchev–Trinajstić information content (AvgIpc) is 2.45. The molecule has 0 unspecified atom stereocenters. The first-order chi connectivity index (χ1) is 9.59. The Morgan fingerprint density at radius 1 is 0.700 bits per heavy atom. The maximum atomic E-state index is 11.4. The van der Waals surface area contributed by atoms with Gasteiger partial charge in [-0.25, -0.2) is 9.59 Å². The molecule has 0 spiro atoms. The highest BCUT2D eigenvalue weighted by Gasteiger charge is 2.19. The minimum Gasteiger partial charge on any atom is -0.478 e. The van der Waals surface area contributed by atoms with Crippen LogP contribution >= 0.6 is 0 Å². The maximum absolute atomic E-state index is 11.4. The predicted octanol–water partition coefficient (Wildman–Crippen LogP) is 3.39. The molecule has 0 heterocycles. The molecule has 0 saturated carbocycles. The van der Waals surface area contributed by atoms with Crippen molar-refractivity contribution in [1.29, 1.82) is 0 Å². The lowest BCUT2D eigenvalue weighted by Crippen LogP contribution is -2.08. The highest BCUT2D eigenvalue weighted by Crippen LogP contribution is 2.29. The number of benzene rings is 3. The highest BCUT2D eigenvalue weighted by atomic mass is 16.4. The van der Waals surface area contributed by atoms with Gasteiger partial charge in [-0.15, -0.1) is 0 Å². The number of carboxylic acid groups (broad SMARTS) is 2. The summed E-state index contributed by atoms with van der Waals surface area (Å²) >= 11 is 0. The van der Waals surface area contributed by atoms with Crippen LogP contribution in [0.2, 0.25) is 0 Å². The van der Waals surface area contributed by atoms with E-state index in [1.807, 2.05) is 24.3 Å². The molecule has 3 rings (SSSR count). The lowest BCUT2D eigenvalue weighted by molar-refractivity contribution is 0.0653. The fourth-order valence-electron chi connectivity index (χ4n) is 2.50. The number of fused-ring (bicyclic) bond motifs is 3. The van der Waals surface area contributed by atoms with Crippen LogP contribution in [0.3, 0.4) is 0 Å². The Hall–Kier alpha value is -2.88. The summed E-state index contributed by atoms with van der Waals surface area (Å²) in [7, 11) is 0. The molecule has 20 heavy (non-hydrogen) atoms. The van der Waals surface area contributed by atoms with Crippen LogP contribution in [0.4, 0.5) is 0 Å². The normalized spacial score (nSPS) is 10.8. The average molecular weight is 266 g/mol. The van der Waals surface area contributed by atoms with Crippen LogP contribution in [0.1, 0.15) is 20.7 Å². The van der Waals surface area contributed by atoms with E-state index >= 15 is 0 Å². The van der Waals surface area contributed by atoms with Crippen molar-refractivity contribution in [3.63, 3.8) is 0 Å². The number of carbonyl (C=O) groups is 2. The summed E-state index contributed by atoms with van der Waals surface area (Å²) < 4.78 is 0. The maximum Gasteiger partial charge on any atom is 0.337 e. The van der Waals surface area contributed by atoms with E-state index in [1.54, 1.807) is 18.2 Å². The van der Waals surface area contributed by atoms with Gasteiger partial charge in [0.25, 0.3) is 0 Å². The summed E-state index contributed by atoms with van der Waals surface area (Å²) in [6, 6.07) is 14.1. The zero-order chi connectivity index (χ0) is 14.3. The summed E-state index contributed by atoms with van der Waals surface area (Å²) in [5, 5.41) is 21.5. The second-order valence-electron chi connectivity index (χ2n) is 4.48. The van der Waals surface area contributed by atoms with E-state index in [0.29, 0.717) is 5.39 Å². The van der Waals surface area contributed by atoms with Gasteiger partial charge in [0.05, 0.1) is 11.1 Å². The summed E-state index contributed by atoms with van der Waals surface area (Å²) in [5.41, 5.74) is -0.360. The Morgan fingerprint density at radius 3 is 2.10 bits per heavy atom. The Morgan fingerprint density at radius 2 is 1.40 bits per heavy atom. The molecular formula is C16H10O4. The minimum atomic E-state index is -1.24. The lowest BCUT2D eigenvalue weighted by Gasteiger charge is -2.09. The molecule has 2 N–H and O–H groups in total. The number of aromatic carboxylic acids is 2. The quantitative estimate of drug-likeness (QED) is 0.697. The Labute approximate surface area is 113 Å². The number of carboxylic acids is 2. The molecule has 0 bridgehead atoms. The van der Waals surface area contributed by atoms with Gasteiger partial charge in [0.1, 0.15) is 0 Å². The molecule has 4 heteroatoms. The van der Waals surface area contributed by atoms with E-state index < -0.39 is 11.9 Å². The van der Waals surface area contributed by atoms with Gasteiger partial charge in [0.15, 0.2) is 0 Å². The van der Waals surface area contributed by atoms with Gasteiger partial charge in [-0.3, -0.25) is 0 Å². The van der Waals surface area contributed by atoms with Crippen molar-refractivity contribution in [2.45, 2.75) is 0 Å². The smallest absolute Gasteiger partial charge is 0.337 e. The van der Waals surface area contributed by atoms with E-state index in [4.69, 9.17) is 5.11 Å². The molecule has 0 saturated heterocycles. The van der Waals surface area contributed by atoms with Crippen LogP contribution in [0.25, 0.3) is 21.5 Å². The van der Waals surface area contributed by atoms with Gasteiger partial charge in [0, 0.05) is 0 Å². The zero-order valence-electron chi connectivity index (χ0n) is 10.3. The molecule has 0 aliphatic heterocycles. The molecule has 4 nitrogen and oxygen atoms in total. The Balaban J connectivity index is 2.52. The van der Waals surface area contributed by atoms with Crippen molar-refractivity contribution >= 4 is 33.5 Å². The largest absolute Gasteiger partial charge is 0.478 e. The molecule has 0 aliphatic rings. The monoisotopic (exact) mass is 266 g/mol. The standard InChI is InChI=1S/C16H10O4/c17-15(18)13-8-7-11-10-4-2-1-3-9(10)5-6-12(11)14(13)16(19)20/h1-8H,(H,17,18)(H,19,20). The molecule has 0 aliphatic carbocycles. The molecule has 98 valence electrons. The number of hydrogen-bond donors (Lipinski definition) is 2. The first-order valence-electron chi connectivity index (χ1n) is 6.00. The van der Waals surface area contributed by atoms with Crippen LogP contribution in [0.5, 0.6) is 0 Å². The van der Waals surface area contributed by atoms with E-state index in [2.05, 4.69) is 0 Å². The van der Waals surface area contributed by atoms with Crippen molar-refractivity contribution in [1.82, 2.24) is 0 Å². The molecule has 0 amide bonds. The SMILES string of the molecule is O=C(O)c1ccc2c(ccc3ccccc32)c1C(=O)O. The van der Waals surface area contributed by atoms with Crippen LogP contribution in [0, 0.1) is 0 Å². The predicted molar refractivity (Wildman–Crippen MR) is 75.4 cm³/mol. The van der Waals surface area contributed by atoms with Crippen molar-refractivity contribution in [3.8, 4) is 0 Å². The summed E-state index contributed by atoms with van der Waals surface area (Å²) in [5.74, 6) is -2.47. The molecule has 0 aromatic heterocycles. The van der Waals surface area contributed by atoms with Crippen molar-refractivity contribution in [2.24, 2.45) is 0 Å². The number of rotatable bonds is 2. The second kappa shape index (κ2) is 4.35. The van der Waals surface area contributed by atoms with Gasteiger partial charge in [-0.1, -0.05) is 42.5 Å². The molecule has 0 radical (unpaired) electrons. The summed E-state index contributed by atoms with van der Waals surface area (Å²) in [4.78, 5) is 22.6. The first kappa shape index (κ1) is 12.2. The molecule has 3 aromatic carbocycles. The van der Waals surface area contributed by atoms with Gasteiger partial charge < -0.3 is 10.2 Å². The van der Waals surface area contributed by atoms with Crippen LogP contribution in [-0.4, -0.2) is 22.2 Å². The summed E-state index contributed by atoms with van der Waals surface area (Å²) in [6.07, 6.45) is 0. The topological polar surface area (TPSA) is 74.6 Å². The third kappa shape index (κ3) is 1.70. The fraction of sp³-hybridized carbons (Fsp3) is 0. The molecule has 3 aromatic rings. The van der Waals surface area contributed by atoms with Gasteiger partial charge in [-0.05, 0) is 27.6 Å². The molecular weight excluding hydrogens is 256 g/mol. The summed E-state index contributed by atoms with van der Waals surface area (Å²) in [6.45, 7) is 0. The number of hydrogen-bond acceptors (Lipinski definition) is 2. The third-order valence-corrected chi connectivity index (χ3v) is 3.37. The van der Waals surface area contributed by atoms with Gasteiger partial charge >= 0.3 is 11.9 Å². The van der Waals surface area contributed by atoms with Crippen molar-refractivity contribution < 1.29 is 19.8 Å². The van der Waals surface area contributed by atoms with Crippen molar-refractivity contribution in [2.75, 3.05) is 0 Å². The Bertz CT molecular complexity index is 865. The van der Waals surface area contributed by atoms with Crippen LogP contribution in [0.15, 0.2) is 48.5 Å². The van der Waals surface area contributed by atoms with Crippen LogP contribution < -0.4 is 0 Å². The van der Waals surface area contributed by atoms with E-state index in [0.717, 1.165) is 16.2 Å². The minimum absolute atomic E-state index is 0.166. The fourth-order valence-corrected chi connectivity index (χ4v) is 2.50. The van der Waals surface area contributed by atoms with Crippen molar-refractivity contribution in [3.05, 3.63) is 59.7 Å². The molecule has 0 atom stereocenters. The zero-order valence-corrected chi connectivity index (χ0v) is 10.3. The van der Waals surface area contributed by atoms with E-state index in [-0.39, 0.29) is 11.1 Å². The van der Waals surface area contributed by atoms with Gasteiger partial charge in [-0.2, -0.15) is 0 Å². The van der Waals surface area contributed by atoms with Gasteiger partial charge in [0.2, 0.25) is 0 Å². The first-order valence-corrected chi connectivity index (χ1v) is 6.00. The van der Waals surface area contributed by atoms with E-state index in [1.165, 1.54) is 6.07 Å². The third-order valence-electron chi connectivity index (χ3n) is 3.37. The highest BCUT2D eigenvalue weighted by molar-refractivity contribution is 6.17. The lowest BCUT2D eigenvalue weighted by atomic mass is 9.95. The van der Waals surface area contributed by atoms with Crippen LogP contribution in [-0.2, 0) is 0 Å². The Kier molecular flexibility index (Phi) is 2.64. The second-order valence-corrected chi connectivity index (χ2v) is 4.48. The van der Waals surface area contributed by atoms with E-state index in [9.17, 15) is 14.7 Å². The molecule has 0 fully saturated rings.